The van der Waals surface area contributed by atoms with Crippen molar-refractivity contribution in [1.29, 1.82) is 0 Å². The number of nitrogens with zero attached hydrogens (tertiary/aromatic N) is 2. The summed E-state index contributed by atoms with van der Waals surface area (Å²) in [5.74, 6) is -0.442. The van der Waals surface area contributed by atoms with E-state index in [9.17, 15) is 18.0 Å². The molecule has 0 spiro atoms. The van der Waals surface area contributed by atoms with Crippen LogP contribution in [0.1, 0.15) is 51.1 Å². The number of hydrogen-bond acceptors (Lipinski definition) is 3. The van der Waals surface area contributed by atoms with Gasteiger partial charge in [0.05, 0.1) is 12.2 Å². The largest absolute Gasteiger partial charge is 0.410 e. The van der Waals surface area contributed by atoms with Gasteiger partial charge < -0.3 is 10.6 Å². The third kappa shape index (κ3) is 4.15. The first kappa shape index (κ1) is 21.0. The smallest absolute Gasteiger partial charge is 0.363 e. The highest BCUT2D eigenvalue weighted by Gasteiger charge is 2.47. The molecule has 3 aromatic rings. The predicted molar refractivity (Wildman–Crippen MR) is 113 cm³/mol. The van der Waals surface area contributed by atoms with Crippen LogP contribution in [-0.4, -0.2) is 21.9 Å². The zero-order valence-corrected chi connectivity index (χ0v) is 17.4. The van der Waals surface area contributed by atoms with Gasteiger partial charge in [-0.3, -0.25) is 4.79 Å². The molecule has 0 unspecified atom stereocenters. The van der Waals surface area contributed by atoms with Crippen molar-refractivity contribution >= 4 is 17.4 Å². The standard InChI is InChI=1S/C23H23F3N4O/c1-13-4-7-16(8-5-13)19-11-20(23(24,25)26)30-21(29-19)18(12-27-30)22(31)28-17-9-6-14(2)15(3)10-17/h4-10,12,19-20,29H,11H2,1-3H3,(H,28,31)/t19-,20+/m0/s1. The van der Waals surface area contributed by atoms with Gasteiger partial charge in [0.25, 0.3) is 5.91 Å². The molecule has 2 atom stereocenters. The fourth-order valence-electron chi connectivity index (χ4n) is 3.76. The SMILES string of the molecule is Cc1ccc([C@@H]2C[C@H](C(F)(F)F)n3ncc(C(=O)Nc4ccc(C)c(C)c4)c3N2)cc1. The first-order chi connectivity index (χ1) is 14.6. The second-order valence-corrected chi connectivity index (χ2v) is 8.01. The number of carbonyl (C=O) groups is 1. The summed E-state index contributed by atoms with van der Waals surface area (Å²) in [7, 11) is 0. The van der Waals surface area contributed by atoms with Crippen LogP contribution in [0.2, 0.25) is 0 Å². The van der Waals surface area contributed by atoms with E-state index in [1.54, 1.807) is 18.2 Å². The molecule has 162 valence electrons. The molecular weight excluding hydrogens is 405 g/mol. The van der Waals surface area contributed by atoms with Crippen LogP contribution in [0.15, 0.2) is 48.7 Å². The van der Waals surface area contributed by atoms with E-state index in [2.05, 4.69) is 15.7 Å². The molecule has 5 nitrogen and oxygen atoms in total. The average molecular weight is 428 g/mol. The van der Waals surface area contributed by atoms with E-state index in [0.717, 1.165) is 26.9 Å². The molecule has 0 radical (unpaired) electrons. The fourth-order valence-corrected chi connectivity index (χ4v) is 3.76. The molecule has 2 heterocycles. The van der Waals surface area contributed by atoms with Crippen LogP contribution in [-0.2, 0) is 0 Å². The second-order valence-electron chi connectivity index (χ2n) is 8.01. The Morgan fingerprint density at radius 3 is 2.45 bits per heavy atom. The van der Waals surface area contributed by atoms with Gasteiger partial charge in [0.2, 0.25) is 0 Å². The second kappa shape index (κ2) is 7.76. The van der Waals surface area contributed by atoms with Crippen LogP contribution in [0.5, 0.6) is 0 Å². The van der Waals surface area contributed by atoms with Gasteiger partial charge in [0.15, 0.2) is 6.04 Å². The summed E-state index contributed by atoms with van der Waals surface area (Å²) in [4.78, 5) is 12.9. The fraction of sp³-hybridized carbons (Fsp3) is 0.304. The number of hydrogen-bond donors (Lipinski definition) is 2. The van der Waals surface area contributed by atoms with Crippen LogP contribution in [0, 0.1) is 20.8 Å². The molecule has 1 aliphatic rings. The molecular formula is C23H23F3N4O. The van der Waals surface area contributed by atoms with Gasteiger partial charge >= 0.3 is 6.18 Å². The molecule has 0 fully saturated rings. The van der Waals surface area contributed by atoms with E-state index in [1.165, 1.54) is 6.20 Å². The lowest BCUT2D eigenvalue weighted by Gasteiger charge is -2.34. The summed E-state index contributed by atoms with van der Waals surface area (Å²) in [5, 5.41) is 9.79. The quantitative estimate of drug-likeness (QED) is 0.561. The number of rotatable bonds is 3. The van der Waals surface area contributed by atoms with Crippen LogP contribution in [0.4, 0.5) is 24.7 Å². The van der Waals surface area contributed by atoms with Crippen molar-refractivity contribution in [3.8, 4) is 0 Å². The highest BCUT2D eigenvalue weighted by molar-refractivity contribution is 6.07. The Labute approximate surface area is 178 Å². The molecule has 31 heavy (non-hydrogen) atoms. The number of aromatic nitrogens is 2. The number of fused-ring (bicyclic) bond motifs is 1. The van der Waals surface area contributed by atoms with Crippen molar-refractivity contribution in [3.63, 3.8) is 0 Å². The zero-order valence-electron chi connectivity index (χ0n) is 17.4. The topological polar surface area (TPSA) is 59.0 Å². The van der Waals surface area contributed by atoms with E-state index < -0.39 is 24.2 Å². The minimum absolute atomic E-state index is 0.0699. The molecule has 8 heteroatoms. The van der Waals surface area contributed by atoms with Gasteiger partial charge in [-0.2, -0.15) is 18.3 Å². The molecule has 0 aliphatic carbocycles. The monoisotopic (exact) mass is 428 g/mol. The summed E-state index contributed by atoms with van der Waals surface area (Å²) in [6.07, 6.45) is -3.51. The van der Waals surface area contributed by atoms with Crippen LogP contribution >= 0.6 is 0 Å². The Kier molecular flexibility index (Phi) is 5.24. The average Bonchev–Trinajstić information content (AvgIpc) is 3.14. The maximum Gasteiger partial charge on any atom is 0.410 e. The van der Waals surface area contributed by atoms with Gasteiger partial charge in [0.1, 0.15) is 11.4 Å². The lowest BCUT2D eigenvalue weighted by molar-refractivity contribution is -0.173. The molecule has 1 aliphatic heterocycles. The van der Waals surface area contributed by atoms with E-state index in [4.69, 9.17) is 0 Å². The lowest BCUT2D eigenvalue weighted by atomic mass is 9.96. The number of nitrogens with one attached hydrogen (secondary N) is 2. The first-order valence-electron chi connectivity index (χ1n) is 9.99. The molecule has 4 rings (SSSR count). The Bertz CT molecular complexity index is 1120. The molecule has 0 saturated carbocycles. The molecule has 2 N–H and O–H groups in total. The van der Waals surface area contributed by atoms with E-state index in [0.29, 0.717) is 5.69 Å². The zero-order chi connectivity index (χ0) is 22.3. The Morgan fingerprint density at radius 2 is 1.81 bits per heavy atom. The number of anilines is 2. The van der Waals surface area contributed by atoms with Crippen molar-refractivity contribution < 1.29 is 18.0 Å². The van der Waals surface area contributed by atoms with Crippen molar-refractivity contribution in [2.24, 2.45) is 0 Å². The molecule has 0 saturated heterocycles. The number of benzene rings is 2. The molecule has 2 aromatic carbocycles. The number of aryl methyl sites for hydroxylation is 3. The maximum absolute atomic E-state index is 13.8. The summed E-state index contributed by atoms with van der Waals surface area (Å²) >= 11 is 0. The Balaban J connectivity index is 1.68. The van der Waals surface area contributed by atoms with Gasteiger partial charge in [-0.1, -0.05) is 35.9 Å². The predicted octanol–water partition coefficient (Wildman–Crippen LogP) is 5.72. The number of amides is 1. The summed E-state index contributed by atoms with van der Waals surface area (Å²) in [6.45, 7) is 5.80. The van der Waals surface area contributed by atoms with Crippen molar-refractivity contribution in [1.82, 2.24) is 9.78 Å². The number of carbonyl (C=O) groups excluding carboxylic acids is 1. The van der Waals surface area contributed by atoms with Gasteiger partial charge in [-0.25, -0.2) is 4.68 Å². The minimum Gasteiger partial charge on any atom is -0.363 e. The Hall–Kier alpha value is -3.29. The summed E-state index contributed by atoms with van der Waals surface area (Å²) < 4.78 is 42.3. The highest BCUT2D eigenvalue weighted by Crippen LogP contribution is 2.44. The van der Waals surface area contributed by atoms with Gasteiger partial charge in [0, 0.05) is 12.1 Å². The molecule has 1 aromatic heterocycles. The number of halogens is 3. The molecule has 1 amide bonds. The number of alkyl halides is 3. The first-order valence-corrected chi connectivity index (χ1v) is 9.99. The normalized spacial score (nSPS) is 18.3. The Morgan fingerprint density at radius 1 is 1.10 bits per heavy atom. The minimum atomic E-state index is -4.49. The third-order valence-electron chi connectivity index (χ3n) is 5.73. The summed E-state index contributed by atoms with van der Waals surface area (Å²) in [5.41, 5.74) is 4.48. The third-order valence-corrected chi connectivity index (χ3v) is 5.73. The van der Waals surface area contributed by atoms with Crippen molar-refractivity contribution in [3.05, 3.63) is 76.5 Å². The van der Waals surface area contributed by atoms with E-state index >= 15 is 0 Å². The van der Waals surface area contributed by atoms with Gasteiger partial charge in [-0.15, -0.1) is 0 Å². The van der Waals surface area contributed by atoms with Crippen molar-refractivity contribution in [2.75, 3.05) is 10.6 Å². The maximum atomic E-state index is 13.8. The van der Waals surface area contributed by atoms with Crippen LogP contribution < -0.4 is 10.6 Å². The van der Waals surface area contributed by atoms with Crippen molar-refractivity contribution in [2.45, 2.75) is 45.5 Å². The van der Waals surface area contributed by atoms with Crippen LogP contribution in [0.25, 0.3) is 0 Å². The molecule has 0 bridgehead atoms. The summed E-state index contributed by atoms with van der Waals surface area (Å²) in [6, 6.07) is 10.4. The lowest BCUT2D eigenvalue weighted by Crippen LogP contribution is -2.36. The van der Waals surface area contributed by atoms with E-state index in [-0.39, 0.29) is 17.8 Å². The highest BCUT2D eigenvalue weighted by atomic mass is 19.4. The van der Waals surface area contributed by atoms with Gasteiger partial charge in [-0.05, 0) is 49.6 Å². The van der Waals surface area contributed by atoms with E-state index in [1.807, 2.05) is 45.0 Å². The van der Waals surface area contributed by atoms with Crippen LogP contribution in [0.3, 0.4) is 0 Å².